The Morgan fingerprint density at radius 3 is 2.19 bits per heavy atom. The van der Waals surface area contributed by atoms with Gasteiger partial charge in [-0.1, -0.05) is 27.7 Å². The second kappa shape index (κ2) is 5.50. The van der Waals surface area contributed by atoms with Crippen LogP contribution >= 0.6 is 0 Å². The van der Waals surface area contributed by atoms with Crippen molar-refractivity contribution < 1.29 is 4.74 Å². The molecule has 0 aliphatic heterocycles. The summed E-state index contributed by atoms with van der Waals surface area (Å²) in [5.41, 5.74) is 0.373. The largest absolute Gasteiger partial charge is 0.381 e. The second-order valence-corrected chi connectivity index (χ2v) is 5.65. The van der Waals surface area contributed by atoms with E-state index >= 15 is 0 Å². The lowest BCUT2D eigenvalue weighted by Crippen LogP contribution is -2.65. The molecular formula is C14H29NO. The van der Waals surface area contributed by atoms with Gasteiger partial charge in [-0.05, 0) is 32.1 Å². The Kier molecular flexibility index (Phi) is 4.81. The number of methoxy groups -OCH3 is 1. The predicted molar refractivity (Wildman–Crippen MR) is 69.7 cm³/mol. The summed E-state index contributed by atoms with van der Waals surface area (Å²) in [6.07, 6.45) is 4.06. The highest BCUT2D eigenvalue weighted by molar-refractivity contribution is 5.07. The Labute approximate surface area is 101 Å². The van der Waals surface area contributed by atoms with E-state index in [-0.39, 0.29) is 0 Å². The number of hydrogen-bond acceptors (Lipinski definition) is 2. The second-order valence-electron chi connectivity index (χ2n) is 5.65. The van der Waals surface area contributed by atoms with Gasteiger partial charge in [0.05, 0.1) is 6.10 Å². The van der Waals surface area contributed by atoms with E-state index in [9.17, 15) is 0 Å². The van der Waals surface area contributed by atoms with Crippen molar-refractivity contribution in [3.8, 4) is 0 Å². The predicted octanol–water partition coefficient (Wildman–Crippen LogP) is 3.21. The molecule has 1 saturated carbocycles. The fraction of sp³-hybridized carbons (Fsp3) is 1.00. The van der Waals surface area contributed by atoms with Crippen LogP contribution in [-0.4, -0.2) is 25.3 Å². The van der Waals surface area contributed by atoms with Gasteiger partial charge < -0.3 is 10.1 Å². The van der Waals surface area contributed by atoms with Crippen LogP contribution in [0.1, 0.15) is 53.9 Å². The van der Waals surface area contributed by atoms with Crippen molar-refractivity contribution in [1.29, 1.82) is 0 Å². The quantitative estimate of drug-likeness (QED) is 0.752. The molecule has 0 heterocycles. The monoisotopic (exact) mass is 227 g/mol. The van der Waals surface area contributed by atoms with Gasteiger partial charge in [0.15, 0.2) is 0 Å². The molecule has 3 atom stereocenters. The summed E-state index contributed by atoms with van der Waals surface area (Å²) in [5.74, 6) is 0.702. The summed E-state index contributed by atoms with van der Waals surface area (Å²) in [4.78, 5) is 0. The maximum atomic E-state index is 5.62. The van der Waals surface area contributed by atoms with Crippen molar-refractivity contribution in [2.24, 2.45) is 11.3 Å². The Bertz CT molecular complexity index is 211. The minimum absolute atomic E-state index is 0.373. The molecule has 1 aliphatic carbocycles. The number of hydrogen-bond donors (Lipinski definition) is 1. The van der Waals surface area contributed by atoms with Gasteiger partial charge in [-0.3, -0.25) is 0 Å². The lowest BCUT2D eigenvalue weighted by atomic mass is 9.58. The highest BCUT2D eigenvalue weighted by atomic mass is 16.5. The molecule has 0 saturated heterocycles. The van der Waals surface area contributed by atoms with Gasteiger partial charge in [0.25, 0.3) is 0 Å². The standard InChI is InChI=1S/C14H29NO/c1-7-14(8-2)12(9-13(14)16-6)15-11(5)10(3)4/h10-13,15H,7-9H2,1-6H3. The Hall–Kier alpha value is -0.0800. The van der Waals surface area contributed by atoms with Crippen molar-refractivity contribution in [3.05, 3.63) is 0 Å². The van der Waals surface area contributed by atoms with Crippen LogP contribution in [0.15, 0.2) is 0 Å². The first-order chi connectivity index (χ1) is 7.51. The first kappa shape index (κ1) is 14.0. The van der Waals surface area contributed by atoms with Crippen LogP contribution in [0.25, 0.3) is 0 Å². The maximum Gasteiger partial charge on any atom is 0.0657 e. The zero-order chi connectivity index (χ0) is 12.3. The van der Waals surface area contributed by atoms with Gasteiger partial charge in [-0.15, -0.1) is 0 Å². The summed E-state index contributed by atoms with van der Waals surface area (Å²) >= 11 is 0. The molecule has 2 heteroatoms. The number of ether oxygens (including phenoxy) is 1. The molecule has 1 N–H and O–H groups in total. The molecule has 16 heavy (non-hydrogen) atoms. The molecule has 0 aromatic heterocycles. The Morgan fingerprint density at radius 1 is 1.25 bits per heavy atom. The van der Waals surface area contributed by atoms with Crippen molar-refractivity contribution in [1.82, 2.24) is 5.32 Å². The summed E-state index contributed by atoms with van der Waals surface area (Å²) in [7, 11) is 1.85. The van der Waals surface area contributed by atoms with E-state index in [1.165, 1.54) is 19.3 Å². The first-order valence-electron chi connectivity index (χ1n) is 6.80. The summed E-state index contributed by atoms with van der Waals surface area (Å²) in [5, 5.41) is 3.79. The van der Waals surface area contributed by atoms with Crippen molar-refractivity contribution in [2.45, 2.75) is 72.1 Å². The lowest BCUT2D eigenvalue weighted by molar-refractivity contribution is -0.126. The van der Waals surface area contributed by atoms with Crippen molar-refractivity contribution in [2.75, 3.05) is 7.11 Å². The van der Waals surface area contributed by atoms with Crippen LogP contribution in [0.4, 0.5) is 0 Å². The van der Waals surface area contributed by atoms with Gasteiger partial charge in [0.1, 0.15) is 0 Å². The molecule has 0 radical (unpaired) electrons. The van der Waals surface area contributed by atoms with E-state index in [1.54, 1.807) is 0 Å². The normalized spacial score (nSPS) is 30.2. The third-order valence-electron chi connectivity index (χ3n) is 4.85. The molecule has 96 valence electrons. The van der Waals surface area contributed by atoms with Gasteiger partial charge in [0, 0.05) is 24.6 Å². The fourth-order valence-corrected chi connectivity index (χ4v) is 3.02. The van der Waals surface area contributed by atoms with Crippen LogP contribution in [0.2, 0.25) is 0 Å². The van der Waals surface area contributed by atoms with E-state index in [0.717, 1.165) is 0 Å². The highest BCUT2D eigenvalue weighted by Crippen LogP contribution is 2.48. The summed E-state index contributed by atoms with van der Waals surface area (Å²) < 4.78 is 5.62. The van der Waals surface area contributed by atoms with Gasteiger partial charge in [-0.25, -0.2) is 0 Å². The van der Waals surface area contributed by atoms with Crippen LogP contribution in [0.5, 0.6) is 0 Å². The average molecular weight is 227 g/mol. The molecule has 1 rings (SSSR count). The molecule has 1 fully saturated rings. The third-order valence-corrected chi connectivity index (χ3v) is 4.85. The molecule has 0 spiro atoms. The topological polar surface area (TPSA) is 21.3 Å². The number of nitrogens with one attached hydrogen (secondary N) is 1. The van der Waals surface area contributed by atoms with Gasteiger partial charge in [-0.2, -0.15) is 0 Å². The van der Waals surface area contributed by atoms with E-state index in [4.69, 9.17) is 4.74 Å². The van der Waals surface area contributed by atoms with Crippen LogP contribution < -0.4 is 5.32 Å². The molecule has 3 unspecified atom stereocenters. The van der Waals surface area contributed by atoms with Crippen LogP contribution in [0.3, 0.4) is 0 Å². The molecule has 0 amide bonds. The average Bonchev–Trinajstić information content (AvgIpc) is 2.25. The van der Waals surface area contributed by atoms with E-state index in [2.05, 4.69) is 39.9 Å². The summed E-state index contributed by atoms with van der Waals surface area (Å²) in [6.45, 7) is 11.4. The van der Waals surface area contributed by atoms with Crippen LogP contribution in [0, 0.1) is 11.3 Å². The van der Waals surface area contributed by atoms with E-state index < -0.39 is 0 Å². The lowest BCUT2D eigenvalue weighted by Gasteiger charge is -2.56. The maximum absolute atomic E-state index is 5.62. The van der Waals surface area contributed by atoms with Crippen LogP contribution in [-0.2, 0) is 4.74 Å². The van der Waals surface area contributed by atoms with Gasteiger partial charge >= 0.3 is 0 Å². The smallest absolute Gasteiger partial charge is 0.0657 e. The van der Waals surface area contributed by atoms with Crippen molar-refractivity contribution >= 4 is 0 Å². The zero-order valence-corrected chi connectivity index (χ0v) is 11.8. The minimum Gasteiger partial charge on any atom is -0.381 e. The zero-order valence-electron chi connectivity index (χ0n) is 11.8. The molecule has 0 aromatic rings. The third kappa shape index (κ3) is 2.28. The van der Waals surface area contributed by atoms with E-state index in [0.29, 0.717) is 29.5 Å². The van der Waals surface area contributed by atoms with Gasteiger partial charge in [0.2, 0.25) is 0 Å². The van der Waals surface area contributed by atoms with E-state index in [1.807, 2.05) is 7.11 Å². The molecule has 0 aromatic carbocycles. The highest BCUT2D eigenvalue weighted by Gasteiger charge is 2.53. The molecule has 1 aliphatic rings. The fourth-order valence-electron chi connectivity index (χ4n) is 3.02. The Morgan fingerprint density at radius 2 is 1.81 bits per heavy atom. The Balaban J connectivity index is 2.62. The molecule has 2 nitrogen and oxygen atoms in total. The summed E-state index contributed by atoms with van der Waals surface area (Å²) in [6, 6.07) is 1.24. The molecular weight excluding hydrogens is 198 g/mol. The minimum atomic E-state index is 0.373. The molecule has 0 bridgehead atoms. The van der Waals surface area contributed by atoms with Crippen molar-refractivity contribution in [3.63, 3.8) is 0 Å². The SMILES string of the molecule is CCC1(CC)C(NC(C)C(C)C)CC1OC. The number of rotatable bonds is 6. The first-order valence-corrected chi connectivity index (χ1v) is 6.80.